The second-order valence-electron chi connectivity index (χ2n) is 3.83. The molecule has 0 radical (unpaired) electrons. The van der Waals surface area contributed by atoms with Crippen LogP contribution in [0.3, 0.4) is 0 Å². The van der Waals surface area contributed by atoms with Crippen molar-refractivity contribution in [2.75, 3.05) is 0 Å². The highest BCUT2D eigenvalue weighted by molar-refractivity contribution is 5.95. The van der Waals surface area contributed by atoms with E-state index >= 15 is 0 Å². The van der Waals surface area contributed by atoms with E-state index in [4.69, 9.17) is 6.85 Å². The van der Waals surface area contributed by atoms with Crippen molar-refractivity contribution in [1.82, 2.24) is 0 Å². The number of rotatable bonds is 2. The highest BCUT2D eigenvalue weighted by Crippen LogP contribution is 2.35. The molecule has 1 N–H and O–H groups in total. The Balaban J connectivity index is 2.19. The van der Waals surface area contributed by atoms with E-state index in [1.54, 1.807) is 18.2 Å². The SMILES string of the molecule is [2H]c1c([2H])c([2H])c(N=Nc2c(O)ccc3ccccc23)c([2H])c1[2H]. The van der Waals surface area contributed by atoms with Crippen molar-refractivity contribution in [2.24, 2.45) is 10.2 Å². The highest BCUT2D eigenvalue weighted by Gasteiger charge is 2.05. The van der Waals surface area contributed by atoms with E-state index < -0.39 is 30.2 Å². The minimum Gasteiger partial charge on any atom is -0.506 e. The Morgan fingerprint density at radius 1 is 0.895 bits per heavy atom. The van der Waals surface area contributed by atoms with Crippen molar-refractivity contribution < 1.29 is 12.0 Å². The topological polar surface area (TPSA) is 45.0 Å². The van der Waals surface area contributed by atoms with Gasteiger partial charge in [0.1, 0.15) is 11.4 Å². The second kappa shape index (κ2) is 4.90. The lowest BCUT2D eigenvalue weighted by Crippen LogP contribution is -1.74. The van der Waals surface area contributed by atoms with Crippen molar-refractivity contribution in [3.63, 3.8) is 0 Å². The molecule has 0 bridgehead atoms. The minimum atomic E-state index is -0.489. The molecule has 3 rings (SSSR count). The molecule has 3 aromatic carbocycles. The molecule has 0 fully saturated rings. The number of hydrogen-bond donors (Lipinski definition) is 1. The zero-order valence-electron chi connectivity index (χ0n) is 14.8. The maximum absolute atomic E-state index is 10.0. The van der Waals surface area contributed by atoms with Gasteiger partial charge in [0.05, 0.1) is 12.5 Å². The van der Waals surface area contributed by atoms with Crippen molar-refractivity contribution in [2.45, 2.75) is 0 Å². The van der Waals surface area contributed by atoms with Gasteiger partial charge in [0.15, 0.2) is 0 Å². The third-order valence-electron chi connectivity index (χ3n) is 2.62. The molecule has 0 aliphatic heterocycles. The zero-order valence-corrected chi connectivity index (χ0v) is 9.81. The summed E-state index contributed by atoms with van der Waals surface area (Å²) in [4.78, 5) is 0. The monoisotopic (exact) mass is 253 g/mol. The lowest BCUT2D eigenvalue weighted by molar-refractivity contribution is 0.477. The highest BCUT2D eigenvalue weighted by atomic mass is 16.3. The molecule has 0 saturated heterocycles. The van der Waals surface area contributed by atoms with Gasteiger partial charge < -0.3 is 5.11 Å². The number of fused-ring (bicyclic) bond motifs is 1. The number of aromatic hydroxyl groups is 1. The first-order chi connectivity index (χ1) is 11.4. The number of azo groups is 1. The van der Waals surface area contributed by atoms with Crippen LogP contribution in [0.15, 0.2) is 76.8 Å². The van der Waals surface area contributed by atoms with E-state index in [0.717, 1.165) is 5.39 Å². The van der Waals surface area contributed by atoms with Crippen LogP contribution in [0.5, 0.6) is 5.75 Å². The van der Waals surface area contributed by atoms with Gasteiger partial charge >= 0.3 is 0 Å². The largest absolute Gasteiger partial charge is 0.506 e. The van der Waals surface area contributed by atoms with Crippen LogP contribution < -0.4 is 0 Å². The van der Waals surface area contributed by atoms with Gasteiger partial charge in [-0.1, -0.05) is 48.5 Å². The molecule has 0 aliphatic carbocycles. The molecule has 0 spiro atoms. The van der Waals surface area contributed by atoms with Crippen molar-refractivity contribution in [1.29, 1.82) is 0 Å². The normalized spacial score (nSPS) is 14.8. The van der Waals surface area contributed by atoms with E-state index in [9.17, 15) is 5.11 Å². The van der Waals surface area contributed by atoms with Gasteiger partial charge in [0, 0.05) is 5.39 Å². The van der Waals surface area contributed by atoms with Crippen LogP contribution in [-0.2, 0) is 0 Å². The lowest BCUT2D eigenvalue weighted by Gasteiger charge is -2.03. The minimum absolute atomic E-state index is 0.107. The fraction of sp³-hybridized carbons (Fsp3) is 0. The van der Waals surface area contributed by atoms with E-state index in [1.165, 1.54) is 6.07 Å². The maximum Gasteiger partial charge on any atom is 0.143 e. The first-order valence-corrected chi connectivity index (χ1v) is 5.61. The summed E-state index contributed by atoms with van der Waals surface area (Å²) >= 11 is 0. The number of benzene rings is 3. The van der Waals surface area contributed by atoms with Crippen LogP contribution in [0.25, 0.3) is 10.8 Å². The molecule has 0 aromatic heterocycles. The average Bonchev–Trinajstić information content (AvgIpc) is 2.59. The Labute approximate surface area is 117 Å². The Kier molecular flexibility index (Phi) is 1.82. The smallest absolute Gasteiger partial charge is 0.143 e. The molecular weight excluding hydrogens is 236 g/mol. The molecule has 3 heteroatoms. The quantitative estimate of drug-likeness (QED) is 0.644. The van der Waals surface area contributed by atoms with Crippen LogP contribution in [0, 0.1) is 0 Å². The maximum atomic E-state index is 10.0. The van der Waals surface area contributed by atoms with E-state index in [0.29, 0.717) is 5.39 Å². The standard InChI is InChI=1S/C16H12N2O/c19-15-11-10-12-6-4-5-9-14(12)16(15)18-17-13-7-2-1-3-8-13/h1-11,19H/i1D,2D,3D,7D,8D. The molecule has 0 atom stereocenters. The summed E-state index contributed by atoms with van der Waals surface area (Å²) in [7, 11) is 0. The molecule has 3 nitrogen and oxygen atoms in total. The molecule has 3 aromatic rings. The van der Waals surface area contributed by atoms with Gasteiger partial charge in [-0.15, -0.1) is 5.11 Å². The molecular formula is C16H12N2O. The Hall–Kier alpha value is -2.68. The number of phenols is 1. The van der Waals surface area contributed by atoms with Crippen LogP contribution >= 0.6 is 0 Å². The molecule has 0 unspecified atom stereocenters. The van der Waals surface area contributed by atoms with Gasteiger partial charge in [-0.2, -0.15) is 5.11 Å². The summed E-state index contributed by atoms with van der Waals surface area (Å²) in [5.41, 5.74) is -0.0896. The first-order valence-electron chi connectivity index (χ1n) is 8.11. The number of phenolic OH excluding ortho intramolecular Hbond substituents is 1. The molecule has 0 aliphatic rings. The van der Waals surface area contributed by atoms with Gasteiger partial charge in [-0.3, -0.25) is 0 Å². The van der Waals surface area contributed by atoms with Gasteiger partial charge in [0.2, 0.25) is 0 Å². The second-order valence-corrected chi connectivity index (χ2v) is 3.83. The predicted octanol–water partition coefficient (Wildman–Crippen LogP) is 4.96. The van der Waals surface area contributed by atoms with Gasteiger partial charge in [-0.05, 0) is 23.5 Å². The fourth-order valence-corrected chi connectivity index (χ4v) is 1.74. The van der Waals surface area contributed by atoms with Gasteiger partial charge in [-0.25, -0.2) is 0 Å². The molecule has 0 amide bonds. The van der Waals surface area contributed by atoms with Crippen molar-refractivity contribution in [3.8, 4) is 5.75 Å². The van der Waals surface area contributed by atoms with Crippen LogP contribution in [0.2, 0.25) is 0 Å². The number of hydrogen-bond acceptors (Lipinski definition) is 3. The summed E-state index contributed by atoms with van der Waals surface area (Å²) < 4.78 is 38.5. The number of nitrogens with zero attached hydrogens (tertiary/aromatic N) is 2. The Morgan fingerprint density at radius 2 is 1.68 bits per heavy atom. The Bertz CT molecular complexity index is 959. The Morgan fingerprint density at radius 3 is 2.53 bits per heavy atom. The summed E-state index contributed by atoms with van der Waals surface area (Å²) in [6.07, 6.45) is 0. The van der Waals surface area contributed by atoms with E-state index in [-0.39, 0.29) is 17.1 Å². The first kappa shape index (κ1) is 7.04. The zero-order chi connectivity index (χ0) is 17.4. The van der Waals surface area contributed by atoms with Crippen molar-refractivity contribution in [3.05, 3.63) is 66.6 Å². The summed E-state index contributed by atoms with van der Waals surface area (Å²) in [6, 6.07) is 8.10. The van der Waals surface area contributed by atoms with Crippen LogP contribution in [-0.4, -0.2) is 5.11 Å². The third kappa shape index (κ3) is 2.31. The molecule has 0 saturated carbocycles. The van der Waals surface area contributed by atoms with E-state index in [1.807, 2.05) is 12.1 Å². The molecule has 19 heavy (non-hydrogen) atoms. The van der Waals surface area contributed by atoms with Gasteiger partial charge in [0.25, 0.3) is 0 Å². The summed E-state index contributed by atoms with van der Waals surface area (Å²) in [6.45, 7) is 0. The summed E-state index contributed by atoms with van der Waals surface area (Å²) in [5.74, 6) is -0.107. The van der Waals surface area contributed by atoms with Crippen LogP contribution in [0.4, 0.5) is 11.4 Å². The fourth-order valence-electron chi connectivity index (χ4n) is 1.74. The third-order valence-corrected chi connectivity index (χ3v) is 2.62. The predicted molar refractivity (Wildman–Crippen MR) is 76.2 cm³/mol. The van der Waals surface area contributed by atoms with Crippen LogP contribution in [0.1, 0.15) is 6.85 Å². The summed E-state index contributed by atoms with van der Waals surface area (Å²) in [5, 5.41) is 19.3. The van der Waals surface area contributed by atoms with Crippen molar-refractivity contribution >= 4 is 22.1 Å². The molecule has 0 heterocycles. The molecule has 92 valence electrons. The average molecular weight is 253 g/mol. The lowest BCUT2D eigenvalue weighted by atomic mass is 10.1. The van der Waals surface area contributed by atoms with E-state index in [2.05, 4.69) is 10.2 Å².